The maximum Gasteiger partial charge on any atom is 0.236 e. The molecule has 0 aliphatic carbocycles. The summed E-state index contributed by atoms with van der Waals surface area (Å²) in [6, 6.07) is 16.3. The highest BCUT2D eigenvalue weighted by Gasteiger charge is 2.12. The zero-order valence-electron chi connectivity index (χ0n) is 12.2. The number of hydrogen-bond donors (Lipinski definition) is 1. The molecule has 3 aromatic rings. The van der Waals surface area contributed by atoms with Crippen molar-refractivity contribution in [3.05, 3.63) is 84.4 Å². The molecule has 0 aliphatic heterocycles. The minimum absolute atomic E-state index is 0.207. The predicted octanol–water partition coefficient (Wildman–Crippen LogP) is 3.56. The van der Waals surface area contributed by atoms with Crippen LogP contribution in [0.15, 0.2) is 73.1 Å². The second-order valence-corrected chi connectivity index (χ2v) is 6.85. The van der Waals surface area contributed by atoms with E-state index in [9.17, 15) is 12.8 Å². The van der Waals surface area contributed by atoms with Crippen molar-refractivity contribution < 1.29 is 12.8 Å². The molecule has 0 amide bonds. The lowest BCUT2D eigenvalue weighted by Gasteiger charge is -2.10. The van der Waals surface area contributed by atoms with E-state index in [0.29, 0.717) is 11.3 Å². The Labute approximate surface area is 134 Å². The summed E-state index contributed by atoms with van der Waals surface area (Å²) in [6.07, 6.45) is 3.76. The maximum absolute atomic E-state index is 12.9. The van der Waals surface area contributed by atoms with Crippen molar-refractivity contribution in [1.29, 1.82) is 0 Å². The van der Waals surface area contributed by atoms with Crippen molar-refractivity contribution in [2.24, 2.45) is 0 Å². The van der Waals surface area contributed by atoms with E-state index in [2.05, 4.69) is 4.72 Å². The normalized spacial score (nSPS) is 11.3. The summed E-state index contributed by atoms with van der Waals surface area (Å²) in [7, 11) is -3.57. The topological polar surface area (TPSA) is 51.1 Å². The number of anilines is 1. The molecule has 0 saturated carbocycles. The van der Waals surface area contributed by atoms with Crippen LogP contribution in [0.4, 0.5) is 10.1 Å². The molecule has 118 valence electrons. The molecule has 0 aliphatic rings. The van der Waals surface area contributed by atoms with Gasteiger partial charge in [-0.25, -0.2) is 12.8 Å². The first-order chi connectivity index (χ1) is 11.0. The zero-order valence-corrected chi connectivity index (χ0v) is 13.0. The van der Waals surface area contributed by atoms with Crippen molar-refractivity contribution in [3.8, 4) is 5.69 Å². The van der Waals surface area contributed by atoms with Gasteiger partial charge in [0, 0.05) is 18.1 Å². The van der Waals surface area contributed by atoms with Gasteiger partial charge in [0.1, 0.15) is 5.82 Å². The van der Waals surface area contributed by atoms with Gasteiger partial charge in [0.2, 0.25) is 10.0 Å². The van der Waals surface area contributed by atoms with Crippen LogP contribution in [0.3, 0.4) is 0 Å². The molecule has 0 atom stereocenters. The summed E-state index contributed by atoms with van der Waals surface area (Å²) < 4.78 is 41.8. The fourth-order valence-electron chi connectivity index (χ4n) is 2.25. The van der Waals surface area contributed by atoms with Gasteiger partial charge in [0.15, 0.2) is 0 Å². The average Bonchev–Trinajstić information content (AvgIpc) is 3.03. The smallest absolute Gasteiger partial charge is 0.236 e. The van der Waals surface area contributed by atoms with Crippen LogP contribution in [0.5, 0.6) is 0 Å². The SMILES string of the molecule is O=S(=O)(Cc1ccc(F)cc1)Nc1cccc(-n2cccc2)c1. The Kier molecular flexibility index (Phi) is 4.16. The lowest BCUT2D eigenvalue weighted by atomic mass is 10.2. The summed E-state index contributed by atoms with van der Waals surface area (Å²) in [4.78, 5) is 0. The third kappa shape index (κ3) is 3.98. The van der Waals surface area contributed by atoms with Crippen molar-refractivity contribution in [3.63, 3.8) is 0 Å². The van der Waals surface area contributed by atoms with Gasteiger partial charge in [-0.3, -0.25) is 4.72 Å². The Balaban J connectivity index is 1.78. The van der Waals surface area contributed by atoms with E-state index < -0.39 is 15.8 Å². The Hall–Kier alpha value is -2.60. The standard InChI is InChI=1S/C17H15FN2O2S/c18-15-8-6-14(7-9-15)13-23(21,22)19-16-4-3-5-17(12-16)20-10-1-2-11-20/h1-12,19H,13H2. The van der Waals surface area contributed by atoms with Crippen molar-refractivity contribution in [2.45, 2.75) is 5.75 Å². The third-order valence-electron chi connectivity index (χ3n) is 3.29. The van der Waals surface area contributed by atoms with Gasteiger partial charge < -0.3 is 4.57 Å². The summed E-state index contributed by atoms with van der Waals surface area (Å²) in [5.74, 6) is -0.598. The number of halogens is 1. The molecule has 0 saturated heterocycles. The number of aromatic nitrogens is 1. The molecule has 4 nitrogen and oxygen atoms in total. The van der Waals surface area contributed by atoms with Gasteiger partial charge >= 0.3 is 0 Å². The van der Waals surface area contributed by atoms with E-state index in [1.54, 1.807) is 18.2 Å². The molecule has 23 heavy (non-hydrogen) atoms. The van der Waals surface area contributed by atoms with Crippen molar-refractivity contribution in [2.75, 3.05) is 4.72 Å². The quantitative estimate of drug-likeness (QED) is 0.778. The van der Waals surface area contributed by atoms with Crippen LogP contribution in [0.2, 0.25) is 0 Å². The average molecular weight is 330 g/mol. The molecule has 0 radical (unpaired) electrons. The number of sulfonamides is 1. The first-order valence-corrected chi connectivity index (χ1v) is 8.65. The third-order valence-corrected chi connectivity index (χ3v) is 4.55. The number of nitrogens with one attached hydrogen (secondary N) is 1. The first-order valence-electron chi connectivity index (χ1n) is 7.00. The number of rotatable bonds is 5. The van der Waals surface area contributed by atoms with Gasteiger partial charge in [-0.15, -0.1) is 0 Å². The molecule has 0 fully saturated rings. The Morgan fingerprint density at radius 2 is 1.65 bits per heavy atom. The van der Waals surface area contributed by atoms with E-state index in [0.717, 1.165) is 5.69 Å². The highest BCUT2D eigenvalue weighted by Crippen LogP contribution is 2.17. The molecule has 2 aromatic carbocycles. The summed E-state index contributed by atoms with van der Waals surface area (Å²) in [5, 5.41) is 0. The molecule has 0 spiro atoms. The van der Waals surface area contributed by atoms with E-state index in [4.69, 9.17) is 0 Å². The molecule has 3 rings (SSSR count). The lowest BCUT2D eigenvalue weighted by Crippen LogP contribution is -2.15. The molecule has 6 heteroatoms. The Bertz CT molecular complexity index is 889. The molecule has 1 heterocycles. The van der Waals surface area contributed by atoms with E-state index >= 15 is 0 Å². The monoisotopic (exact) mass is 330 g/mol. The number of nitrogens with zero attached hydrogens (tertiary/aromatic N) is 1. The zero-order chi connectivity index (χ0) is 16.3. The van der Waals surface area contributed by atoms with Crippen LogP contribution in [0.1, 0.15) is 5.56 Å². The van der Waals surface area contributed by atoms with E-state index in [-0.39, 0.29) is 5.75 Å². The van der Waals surface area contributed by atoms with Gasteiger partial charge in [0.25, 0.3) is 0 Å². The van der Waals surface area contributed by atoms with E-state index in [1.807, 2.05) is 35.2 Å². The Morgan fingerprint density at radius 1 is 0.957 bits per heavy atom. The van der Waals surface area contributed by atoms with Crippen LogP contribution in [-0.2, 0) is 15.8 Å². The van der Waals surface area contributed by atoms with Crippen LogP contribution in [0.25, 0.3) is 5.69 Å². The van der Waals surface area contributed by atoms with Crippen LogP contribution >= 0.6 is 0 Å². The summed E-state index contributed by atoms with van der Waals surface area (Å²) in [5.41, 5.74) is 1.87. The lowest BCUT2D eigenvalue weighted by molar-refractivity contribution is 0.600. The minimum Gasteiger partial charge on any atom is -0.324 e. The van der Waals surface area contributed by atoms with Gasteiger partial charge in [-0.1, -0.05) is 18.2 Å². The second-order valence-electron chi connectivity index (χ2n) is 5.13. The van der Waals surface area contributed by atoms with Crippen LogP contribution in [-0.4, -0.2) is 13.0 Å². The Morgan fingerprint density at radius 3 is 2.35 bits per heavy atom. The fraction of sp³-hybridized carbons (Fsp3) is 0.0588. The maximum atomic E-state index is 12.9. The van der Waals surface area contributed by atoms with Gasteiger partial charge in [-0.05, 0) is 48.0 Å². The fourth-order valence-corrected chi connectivity index (χ4v) is 3.44. The van der Waals surface area contributed by atoms with E-state index in [1.165, 1.54) is 24.3 Å². The summed E-state index contributed by atoms with van der Waals surface area (Å²) >= 11 is 0. The molecule has 1 aromatic heterocycles. The molecule has 1 N–H and O–H groups in total. The minimum atomic E-state index is -3.57. The van der Waals surface area contributed by atoms with Crippen molar-refractivity contribution >= 4 is 15.7 Å². The van der Waals surface area contributed by atoms with Crippen LogP contribution < -0.4 is 4.72 Å². The predicted molar refractivity (Wildman–Crippen MR) is 88.4 cm³/mol. The number of benzene rings is 2. The first kappa shape index (κ1) is 15.3. The van der Waals surface area contributed by atoms with Gasteiger partial charge in [0.05, 0.1) is 11.4 Å². The van der Waals surface area contributed by atoms with Gasteiger partial charge in [-0.2, -0.15) is 0 Å². The summed E-state index contributed by atoms with van der Waals surface area (Å²) in [6.45, 7) is 0. The van der Waals surface area contributed by atoms with Crippen LogP contribution in [0, 0.1) is 5.82 Å². The van der Waals surface area contributed by atoms with Crippen molar-refractivity contribution in [1.82, 2.24) is 4.57 Å². The number of hydrogen-bond acceptors (Lipinski definition) is 2. The second kappa shape index (κ2) is 6.26. The highest BCUT2D eigenvalue weighted by molar-refractivity contribution is 7.91. The largest absolute Gasteiger partial charge is 0.324 e. The molecule has 0 bridgehead atoms. The molecule has 0 unspecified atom stereocenters. The highest BCUT2D eigenvalue weighted by atomic mass is 32.2. The molecular weight excluding hydrogens is 315 g/mol. The molecular formula is C17H15FN2O2S.